The molecule has 0 saturated heterocycles. The van der Waals surface area contributed by atoms with Gasteiger partial charge in [-0.2, -0.15) is 0 Å². The van der Waals surface area contributed by atoms with Gasteiger partial charge in [0.05, 0.1) is 12.8 Å². The van der Waals surface area contributed by atoms with E-state index in [1.165, 1.54) is 43.5 Å². The van der Waals surface area contributed by atoms with E-state index >= 15 is 0 Å². The lowest BCUT2D eigenvalue weighted by molar-refractivity contribution is 0.403. The summed E-state index contributed by atoms with van der Waals surface area (Å²) in [6.07, 6.45) is 0. The number of sulfonamides is 1. The highest BCUT2D eigenvalue weighted by Gasteiger charge is 2.20. The van der Waals surface area contributed by atoms with E-state index in [0.717, 1.165) is 6.07 Å². The van der Waals surface area contributed by atoms with E-state index in [9.17, 15) is 12.8 Å². The summed E-state index contributed by atoms with van der Waals surface area (Å²) >= 11 is 5.80. The summed E-state index contributed by atoms with van der Waals surface area (Å²) in [6, 6.07) is 9.37. The second-order valence-electron chi connectivity index (χ2n) is 3.91. The molecule has 2 rings (SSSR count). The van der Waals surface area contributed by atoms with Crippen molar-refractivity contribution in [2.45, 2.75) is 4.90 Å². The van der Waals surface area contributed by atoms with Gasteiger partial charge in [0.2, 0.25) is 0 Å². The highest BCUT2D eigenvalue weighted by Crippen LogP contribution is 2.28. The lowest BCUT2D eigenvalue weighted by Crippen LogP contribution is -2.14. The molecule has 0 aliphatic rings. The maximum absolute atomic E-state index is 13.1. The predicted octanol–water partition coefficient (Wildman–Crippen LogP) is 3.29. The van der Waals surface area contributed by atoms with Crippen molar-refractivity contribution < 1.29 is 17.5 Å². The molecule has 0 aromatic heterocycles. The van der Waals surface area contributed by atoms with Crippen molar-refractivity contribution in [1.29, 1.82) is 0 Å². The molecule has 4 nitrogen and oxygen atoms in total. The fourth-order valence-electron chi connectivity index (χ4n) is 1.62. The molecule has 0 aliphatic heterocycles. The zero-order valence-corrected chi connectivity index (χ0v) is 12.0. The second-order valence-corrected chi connectivity index (χ2v) is 6.00. The molecule has 0 saturated carbocycles. The van der Waals surface area contributed by atoms with Crippen molar-refractivity contribution >= 4 is 27.3 Å². The van der Waals surface area contributed by atoms with Crippen LogP contribution in [0.4, 0.5) is 10.1 Å². The van der Waals surface area contributed by atoms with E-state index in [2.05, 4.69) is 4.72 Å². The molecule has 0 unspecified atom stereocenters. The average molecular weight is 316 g/mol. The summed E-state index contributed by atoms with van der Waals surface area (Å²) in [6.45, 7) is 0. The SMILES string of the molecule is COc1ccc(Cl)cc1S(=O)(=O)Nc1cccc(F)c1. The first-order valence-electron chi connectivity index (χ1n) is 5.54. The van der Waals surface area contributed by atoms with Crippen molar-refractivity contribution in [2.24, 2.45) is 0 Å². The van der Waals surface area contributed by atoms with Crippen molar-refractivity contribution in [3.63, 3.8) is 0 Å². The summed E-state index contributed by atoms with van der Waals surface area (Å²) in [4.78, 5) is -0.114. The van der Waals surface area contributed by atoms with Crippen LogP contribution in [-0.4, -0.2) is 15.5 Å². The van der Waals surface area contributed by atoms with Crippen LogP contribution in [-0.2, 0) is 10.0 Å². The van der Waals surface area contributed by atoms with Crippen LogP contribution < -0.4 is 9.46 Å². The standard InChI is InChI=1S/C13H11ClFNO3S/c1-19-12-6-5-9(14)7-13(12)20(17,18)16-11-4-2-3-10(15)8-11/h2-8,16H,1H3. The third-order valence-corrected chi connectivity index (χ3v) is 4.13. The van der Waals surface area contributed by atoms with E-state index in [4.69, 9.17) is 16.3 Å². The van der Waals surface area contributed by atoms with Gasteiger partial charge in [-0.15, -0.1) is 0 Å². The summed E-state index contributed by atoms with van der Waals surface area (Å²) in [5, 5.41) is 0.255. The summed E-state index contributed by atoms with van der Waals surface area (Å²) in [5.41, 5.74) is 0.118. The second kappa shape index (κ2) is 5.68. The van der Waals surface area contributed by atoms with Gasteiger partial charge >= 0.3 is 0 Å². The number of nitrogens with one attached hydrogen (secondary N) is 1. The molecule has 0 fully saturated rings. The first kappa shape index (κ1) is 14.6. The number of methoxy groups -OCH3 is 1. The highest BCUT2D eigenvalue weighted by atomic mass is 35.5. The number of anilines is 1. The van der Waals surface area contributed by atoms with E-state index in [1.807, 2.05) is 0 Å². The van der Waals surface area contributed by atoms with E-state index < -0.39 is 15.8 Å². The quantitative estimate of drug-likeness (QED) is 0.942. The molecule has 0 amide bonds. The number of benzene rings is 2. The third kappa shape index (κ3) is 3.20. The van der Waals surface area contributed by atoms with Crippen LogP contribution in [0.3, 0.4) is 0 Å². The fraction of sp³-hybridized carbons (Fsp3) is 0.0769. The molecule has 2 aromatic rings. The van der Waals surface area contributed by atoms with Gasteiger partial charge in [-0.05, 0) is 36.4 Å². The van der Waals surface area contributed by atoms with Crippen molar-refractivity contribution in [3.8, 4) is 5.75 Å². The Morgan fingerprint density at radius 2 is 1.95 bits per heavy atom. The molecule has 1 N–H and O–H groups in total. The van der Waals surface area contributed by atoms with Crippen LogP contribution >= 0.6 is 11.6 Å². The lowest BCUT2D eigenvalue weighted by atomic mass is 10.3. The van der Waals surface area contributed by atoms with E-state index in [0.29, 0.717) is 0 Å². The van der Waals surface area contributed by atoms with Crippen LogP contribution in [0.5, 0.6) is 5.75 Å². The third-order valence-electron chi connectivity index (χ3n) is 2.49. The van der Waals surface area contributed by atoms with Crippen molar-refractivity contribution in [3.05, 3.63) is 53.3 Å². The van der Waals surface area contributed by atoms with E-state index in [-0.39, 0.29) is 21.4 Å². The summed E-state index contributed by atoms with van der Waals surface area (Å²) in [5.74, 6) is -0.387. The van der Waals surface area contributed by atoms with Crippen LogP contribution in [0, 0.1) is 5.82 Å². The molecular weight excluding hydrogens is 305 g/mol. The molecule has 0 spiro atoms. The molecule has 7 heteroatoms. The summed E-state index contributed by atoms with van der Waals surface area (Å²) in [7, 11) is -2.57. The Kier molecular flexibility index (Phi) is 4.15. The van der Waals surface area contributed by atoms with E-state index in [1.54, 1.807) is 0 Å². The van der Waals surface area contributed by atoms with Crippen LogP contribution in [0.25, 0.3) is 0 Å². The minimum Gasteiger partial charge on any atom is -0.495 e. The Bertz CT molecular complexity index is 734. The number of ether oxygens (including phenoxy) is 1. The highest BCUT2D eigenvalue weighted by molar-refractivity contribution is 7.92. The van der Waals surface area contributed by atoms with Gasteiger partial charge in [0, 0.05) is 5.02 Å². The monoisotopic (exact) mass is 315 g/mol. The minimum absolute atomic E-state index is 0.114. The van der Waals surface area contributed by atoms with Gasteiger partial charge in [-0.1, -0.05) is 17.7 Å². The number of hydrogen-bond donors (Lipinski definition) is 1. The number of halogens is 2. The normalized spacial score (nSPS) is 11.2. The van der Waals surface area contributed by atoms with Crippen LogP contribution in [0.1, 0.15) is 0 Å². The Hall–Kier alpha value is -1.79. The van der Waals surface area contributed by atoms with Gasteiger partial charge in [0.15, 0.2) is 0 Å². The Morgan fingerprint density at radius 3 is 2.60 bits per heavy atom. The molecule has 0 radical (unpaired) electrons. The molecule has 20 heavy (non-hydrogen) atoms. The Labute approximate surface area is 121 Å². The van der Waals surface area contributed by atoms with Crippen LogP contribution in [0.15, 0.2) is 47.4 Å². The summed E-state index contributed by atoms with van der Waals surface area (Å²) < 4.78 is 44.9. The van der Waals surface area contributed by atoms with Gasteiger partial charge in [-0.25, -0.2) is 12.8 Å². The number of hydrogen-bond acceptors (Lipinski definition) is 3. The minimum atomic E-state index is -3.92. The van der Waals surface area contributed by atoms with Gasteiger partial charge in [0.25, 0.3) is 10.0 Å². The van der Waals surface area contributed by atoms with Gasteiger partial charge < -0.3 is 4.74 Å². The first-order valence-corrected chi connectivity index (χ1v) is 7.40. The molecule has 0 bridgehead atoms. The molecule has 0 atom stereocenters. The predicted molar refractivity (Wildman–Crippen MR) is 75.2 cm³/mol. The maximum Gasteiger partial charge on any atom is 0.265 e. The smallest absolute Gasteiger partial charge is 0.265 e. The van der Waals surface area contributed by atoms with Crippen LogP contribution in [0.2, 0.25) is 5.02 Å². The lowest BCUT2D eigenvalue weighted by Gasteiger charge is -2.11. The Morgan fingerprint density at radius 1 is 1.20 bits per heavy atom. The first-order chi connectivity index (χ1) is 9.42. The molecule has 106 valence electrons. The van der Waals surface area contributed by atoms with Crippen molar-refractivity contribution in [1.82, 2.24) is 0 Å². The zero-order valence-electron chi connectivity index (χ0n) is 10.4. The fourth-order valence-corrected chi connectivity index (χ4v) is 3.11. The molecule has 0 aliphatic carbocycles. The zero-order chi connectivity index (χ0) is 14.8. The van der Waals surface area contributed by atoms with Gasteiger partial charge in [0.1, 0.15) is 16.5 Å². The number of rotatable bonds is 4. The topological polar surface area (TPSA) is 55.4 Å². The Balaban J connectivity index is 2.43. The molecule has 2 aromatic carbocycles. The van der Waals surface area contributed by atoms with Gasteiger partial charge in [-0.3, -0.25) is 4.72 Å². The molecule has 0 heterocycles. The molecular formula is C13H11ClFNO3S. The average Bonchev–Trinajstić information content (AvgIpc) is 2.38. The largest absolute Gasteiger partial charge is 0.495 e. The maximum atomic E-state index is 13.1. The van der Waals surface area contributed by atoms with Crippen molar-refractivity contribution in [2.75, 3.05) is 11.8 Å².